The van der Waals surface area contributed by atoms with Crippen LogP contribution in [0.3, 0.4) is 0 Å². The number of rotatable bonds is 4. The van der Waals surface area contributed by atoms with E-state index in [-0.39, 0.29) is 5.56 Å². The number of aromatic nitrogens is 6. The van der Waals surface area contributed by atoms with Crippen LogP contribution in [0.25, 0.3) is 27.8 Å². The lowest BCUT2D eigenvalue weighted by Crippen LogP contribution is -2.28. The maximum atomic E-state index is 13.7. The van der Waals surface area contributed by atoms with Crippen molar-refractivity contribution in [1.82, 2.24) is 29.5 Å². The van der Waals surface area contributed by atoms with Crippen LogP contribution >= 0.6 is 0 Å². The molecule has 0 aliphatic carbocycles. The van der Waals surface area contributed by atoms with E-state index in [4.69, 9.17) is 4.98 Å². The van der Waals surface area contributed by atoms with Crippen molar-refractivity contribution in [2.24, 2.45) is 0 Å². The Morgan fingerprint density at radius 3 is 2.84 bits per heavy atom. The first-order valence-electron chi connectivity index (χ1n) is 10.00. The van der Waals surface area contributed by atoms with Gasteiger partial charge in [-0.1, -0.05) is 18.2 Å². The summed E-state index contributed by atoms with van der Waals surface area (Å²) in [6, 6.07) is 14.2. The summed E-state index contributed by atoms with van der Waals surface area (Å²) >= 11 is 0. The molecule has 3 aromatic heterocycles. The maximum Gasteiger partial charge on any atom is 0.266 e. The molecule has 5 rings (SSSR count). The highest BCUT2D eigenvalue weighted by molar-refractivity contribution is 5.83. The van der Waals surface area contributed by atoms with Gasteiger partial charge in [0.25, 0.3) is 5.56 Å². The highest BCUT2D eigenvalue weighted by Gasteiger charge is 2.20. The molecular weight excluding hydrogens is 404 g/mol. The van der Waals surface area contributed by atoms with Gasteiger partial charge in [-0.3, -0.25) is 9.36 Å². The zero-order valence-electron chi connectivity index (χ0n) is 17.4. The van der Waals surface area contributed by atoms with Gasteiger partial charge in [0.2, 0.25) is 0 Å². The molecule has 0 bridgehead atoms. The summed E-state index contributed by atoms with van der Waals surface area (Å²) in [7, 11) is 0. The summed E-state index contributed by atoms with van der Waals surface area (Å²) in [6.07, 6.45) is 2.99. The van der Waals surface area contributed by atoms with Crippen molar-refractivity contribution >= 4 is 27.9 Å². The molecule has 0 radical (unpaired) electrons. The van der Waals surface area contributed by atoms with Crippen molar-refractivity contribution in [2.75, 3.05) is 5.32 Å². The van der Waals surface area contributed by atoms with Crippen molar-refractivity contribution in [1.29, 1.82) is 5.26 Å². The summed E-state index contributed by atoms with van der Waals surface area (Å²) in [5, 5.41) is 13.2. The second kappa shape index (κ2) is 7.59. The van der Waals surface area contributed by atoms with E-state index in [0.29, 0.717) is 45.0 Å². The first kappa shape index (κ1) is 19.4. The summed E-state index contributed by atoms with van der Waals surface area (Å²) in [6.45, 7) is 3.78. The molecular formula is C23H18N8O. The molecule has 32 heavy (non-hydrogen) atoms. The molecule has 1 unspecified atom stereocenters. The summed E-state index contributed by atoms with van der Waals surface area (Å²) < 4.78 is 1.55. The van der Waals surface area contributed by atoms with Crippen LogP contribution < -0.4 is 10.9 Å². The third-order valence-corrected chi connectivity index (χ3v) is 5.32. The van der Waals surface area contributed by atoms with Crippen molar-refractivity contribution in [3.05, 3.63) is 82.4 Å². The predicted molar refractivity (Wildman–Crippen MR) is 121 cm³/mol. The molecule has 1 atom stereocenters. The van der Waals surface area contributed by atoms with Crippen LogP contribution in [-0.4, -0.2) is 29.5 Å². The molecule has 9 nitrogen and oxygen atoms in total. The molecule has 0 spiro atoms. The third-order valence-electron chi connectivity index (χ3n) is 5.32. The van der Waals surface area contributed by atoms with Crippen LogP contribution in [0.1, 0.15) is 29.9 Å². The van der Waals surface area contributed by atoms with Gasteiger partial charge in [0.05, 0.1) is 40.6 Å². The highest BCUT2D eigenvalue weighted by Crippen LogP contribution is 2.24. The van der Waals surface area contributed by atoms with E-state index < -0.39 is 6.04 Å². The van der Waals surface area contributed by atoms with Crippen LogP contribution in [0.15, 0.2) is 59.9 Å². The Morgan fingerprint density at radius 2 is 2.00 bits per heavy atom. The number of nitrogens with zero attached hydrogens (tertiary/aromatic N) is 6. The zero-order valence-corrected chi connectivity index (χ0v) is 17.4. The van der Waals surface area contributed by atoms with E-state index >= 15 is 0 Å². The number of anilines is 1. The van der Waals surface area contributed by atoms with E-state index in [1.807, 2.05) is 32.0 Å². The summed E-state index contributed by atoms with van der Waals surface area (Å²) in [5.74, 6) is 1.02. The first-order chi connectivity index (χ1) is 15.6. The molecule has 5 aromatic rings. The van der Waals surface area contributed by atoms with Crippen LogP contribution in [0.5, 0.6) is 0 Å². The fourth-order valence-electron chi connectivity index (χ4n) is 3.81. The number of nitriles is 1. The molecule has 2 aromatic carbocycles. The van der Waals surface area contributed by atoms with Crippen LogP contribution in [0.2, 0.25) is 0 Å². The number of imidazole rings is 1. The molecule has 0 saturated heterocycles. The van der Waals surface area contributed by atoms with E-state index in [2.05, 4.69) is 31.3 Å². The Kier molecular flexibility index (Phi) is 4.60. The Hall–Kier alpha value is -4.58. The quantitative estimate of drug-likeness (QED) is 0.455. The van der Waals surface area contributed by atoms with E-state index in [0.717, 1.165) is 5.56 Å². The first-order valence-corrected chi connectivity index (χ1v) is 10.00. The van der Waals surface area contributed by atoms with Crippen LogP contribution in [0, 0.1) is 18.3 Å². The van der Waals surface area contributed by atoms with Gasteiger partial charge in [-0.15, -0.1) is 0 Å². The second-order valence-electron chi connectivity index (χ2n) is 7.43. The number of H-pyrrole nitrogens is 1. The standard InChI is InChI=1S/C23H18N8O/c1-13-5-3-8-17-18(13)23(32)31(16-7-4-6-15(9-16)10-24)22(30-17)14(2)29-21-19-20(26-11-25-19)27-12-28-21/h3-9,11-12,14H,1-2H3,(H2,25,26,27,28,29). The smallest absolute Gasteiger partial charge is 0.266 e. The second-order valence-corrected chi connectivity index (χ2v) is 7.43. The number of aromatic amines is 1. The lowest BCUT2D eigenvalue weighted by Gasteiger charge is -2.20. The zero-order chi connectivity index (χ0) is 22.2. The Bertz CT molecular complexity index is 1580. The molecule has 2 N–H and O–H groups in total. The van der Waals surface area contributed by atoms with Gasteiger partial charge in [-0.25, -0.2) is 19.9 Å². The minimum atomic E-state index is -0.409. The van der Waals surface area contributed by atoms with Gasteiger partial charge in [0, 0.05) is 0 Å². The van der Waals surface area contributed by atoms with Gasteiger partial charge in [0.15, 0.2) is 11.5 Å². The van der Waals surface area contributed by atoms with Crippen molar-refractivity contribution in [3.8, 4) is 11.8 Å². The molecule has 9 heteroatoms. The fourth-order valence-corrected chi connectivity index (χ4v) is 3.81. The fraction of sp³-hybridized carbons (Fsp3) is 0.130. The largest absolute Gasteiger partial charge is 0.358 e. The van der Waals surface area contributed by atoms with Crippen molar-refractivity contribution in [2.45, 2.75) is 19.9 Å². The predicted octanol–water partition coefficient (Wildman–Crippen LogP) is 3.41. The van der Waals surface area contributed by atoms with E-state index in [1.54, 1.807) is 35.2 Å². The SMILES string of the molecule is Cc1cccc2nc(C(C)Nc3ncnc4[nH]cnc34)n(-c3cccc(C#N)c3)c(=O)c12. The topological polar surface area (TPSA) is 125 Å². The number of hydrogen-bond acceptors (Lipinski definition) is 7. The summed E-state index contributed by atoms with van der Waals surface area (Å²) in [4.78, 5) is 34.2. The lowest BCUT2D eigenvalue weighted by atomic mass is 10.1. The van der Waals surface area contributed by atoms with Crippen LogP contribution in [-0.2, 0) is 0 Å². The number of aryl methyl sites for hydroxylation is 1. The maximum absolute atomic E-state index is 13.7. The minimum Gasteiger partial charge on any atom is -0.358 e. The molecule has 0 fully saturated rings. The van der Waals surface area contributed by atoms with Gasteiger partial charge in [0.1, 0.15) is 17.7 Å². The van der Waals surface area contributed by atoms with Gasteiger partial charge < -0.3 is 10.3 Å². The number of hydrogen-bond donors (Lipinski definition) is 2. The van der Waals surface area contributed by atoms with Gasteiger partial charge >= 0.3 is 0 Å². The Balaban J connectivity index is 1.73. The van der Waals surface area contributed by atoms with E-state index in [9.17, 15) is 10.1 Å². The number of nitrogens with one attached hydrogen (secondary N) is 2. The Labute approximate surface area is 182 Å². The average Bonchev–Trinajstić information content (AvgIpc) is 3.29. The summed E-state index contributed by atoms with van der Waals surface area (Å²) in [5.41, 5.74) is 3.49. The monoisotopic (exact) mass is 422 g/mol. The normalized spacial score (nSPS) is 12.0. The number of benzene rings is 2. The molecule has 0 aliphatic heterocycles. The van der Waals surface area contributed by atoms with Crippen molar-refractivity contribution in [3.63, 3.8) is 0 Å². The average molecular weight is 422 g/mol. The Morgan fingerprint density at radius 1 is 1.16 bits per heavy atom. The highest BCUT2D eigenvalue weighted by atomic mass is 16.1. The third kappa shape index (κ3) is 3.15. The molecule has 0 aliphatic rings. The molecule has 3 heterocycles. The lowest BCUT2D eigenvalue weighted by molar-refractivity contribution is 0.731. The minimum absolute atomic E-state index is 0.195. The van der Waals surface area contributed by atoms with Crippen molar-refractivity contribution < 1.29 is 0 Å². The van der Waals surface area contributed by atoms with Gasteiger partial charge in [-0.05, 0) is 43.7 Å². The van der Waals surface area contributed by atoms with E-state index in [1.165, 1.54) is 6.33 Å². The number of fused-ring (bicyclic) bond motifs is 2. The van der Waals surface area contributed by atoms with Gasteiger partial charge in [-0.2, -0.15) is 5.26 Å². The molecule has 156 valence electrons. The van der Waals surface area contributed by atoms with Crippen LogP contribution in [0.4, 0.5) is 5.82 Å². The molecule has 0 saturated carbocycles. The molecule has 0 amide bonds.